The number of rotatable bonds is 6. The second-order valence-corrected chi connectivity index (χ2v) is 7.40. The summed E-state index contributed by atoms with van der Waals surface area (Å²) in [6.07, 6.45) is 2.17. The van der Waals surface area contributed by atoms with Crippen molar-refractivity contribution < 1.29 is 14.6 Å². The molecule has 5 heteroatoms. The van der Waals surface area contributed by atoms with Gasteiger partial charge in [-0.15, -0.1) is 0 Å². The number of allylic oxidation sites excluding steroid dienone is 1. The molecule has 30 heavy (non-hydrogen) atoms. The van der Waals surface area contributed by atoms with Crippen molar-refractivity contribution in [2.45, 2.75) is 26.0 Å². The number of ketones is 1. The molecule has 1 fully saturated rings. The maximum atomic E-state index is 13.0. The zero-order chi connectivity index (χ0) is 20.9. The molecular weight excluding hydrogens is 376 g/mol. The summed E-state index contributed by atoms with van der Waals surface area (Å²) in [7, 11) is 0. The van der Waals surface area contributed by atoms with E-state index < -0.39 is 0 Å². The highest BCUT2D eigenvalue weighted by Gasteiger charge is 2.23. The van der Waals surface area contributed by atoms with E-state index in [1.54, 1.807) is 12.1 Å². The van der Waals surface area contributed by atoms with Crippen LogP contribution >= 0.6 is 0 Å². The molecular formula is C25H24N2O3. The topological polar surface area (TPSA) is 70.6 Å². The SMILES string of the molecule is Cc1ccc(C2C/C(=C/C(=O)c3c(O)cccc3OCc3ccccc3)NN2)cc1. The van der Waals surface area contributed by atoms with Gasteiger partial charge in [0.25, 0.3) is 0 Å². The fourth-order valence-corrected chi connectivity index (χ4v) is 3.45. The Labute approximate surface area is 176 Å². The molecule has 3 aromatic rings. The molecule has 3 aromatic carbocycles. The molecule has 0 saturated carbocycles. The van der Waals surface area contributed by atoms with Crippen molar-refractivity contribution in [3.8, 4) is 11.5 Å². The Balaban J connectivity index is 1.50. The van der Waals surface area contributed by atoms with Gasteiger partial charge < -0.3 is 15.3 Å². The standard InChI is InChI=1S/C25H24N2O3/c1-17-10-12-19(13-11-17)21-14-20(26-27-21)15-23(29)25-22(28)8-5-9-24(25)30-16-18-6-3-2-4-7-18/h2-13,15,21,26-28H,14,16H2,1H3/b20-15-. The van der Waals surface area contributed by atoms with Crippen LogP contribution in [0.4, 0.5) is 0 Å². The first-order valence-electron chi connectivity index (χ1n) is 9.92. The molecule has 1 atom stereocenters. The van der Waals surface area contributed by atoms with Gasteiger partial charge in [-0.25, -0.2) is 5.43 Å². The molecule has 0 aliphatic carbocycles. The van der Waals surface area contributed by atoms with E-state index in [0.717, 1.165) is 16.8 Å². The molecule has 0 bridgehead atoms. The first kappa shape index (κ1) is 19.7. The normalized spacial score (nSPS) is 17.0. The lowest BCUT2D eigenvalue weighted by Gasteiger charge is -2.11. The molecule has 1 unspecified atom stereocenters. The highest BCUT2D eigenvalue weighted by molar-refractivity contribution is 6.08. The van der Waals surface area contributed by atoms with E-state index in [9.17, 15) is 9.90 Å². The third-order valence-electron chi connectivity index (χ3n) is 5.10. The lowest BCUT2D eigenvalue weighted by molar-refractivity contribution is 0.103. The molecule has 0 aromatic heterocycles. The molecule has 1 aliphatic rings. The fourth-order valence-electron chi connectivity index (χ4n) is 3.45. The van der Waals surface area contributed by atoms with Crippen LogP contribution in [0, 0.1) is 6.92 Å². The van der Waals surface area contributed by atoms with Gasteiger partial charge >= 0.3 is 0 Å². The lowest BCUT2D eigenvalue weighted by atomic mass is 10.0. The van der Waals surface area contributed by atoms with E-state index in [4.69, 9.17) is 4.74 Å². The van der Waals surface area contributed by atoms with Gasteiger partial charge in [-0.1, -0.05) is 66.2 Å². The monoisotopic (exact) mass is 400 g/mol. The molecule has 1 aliphatic heterocycles. The number of hydrogen-bond donors (Lipinski definition) is 3. The number of nitrogens with one attached hydrogen (secondary N) is 2. The van der Waals surface area contributed by atoms with Crippen LogP contribution in [0.3, 0.4) is 0 Å². The number of aromatic hydroxyl groups is 1. The summed E-state index contributed by atoms with van der Waals surface area (Å²) >= 11 is 0. The van der Waals surface area contributed by atoms with E-state index in [0.29, 0.717) is 18.8 Å². The number of aryl methyl sites for hydroxylation is 1. The van der Waals surface area contributed by atoms with Crippen molar-refractivity contribution in [3.05, 3.63) is 107 Å². The molecule has 0 amide bonds. The van der Waals surface area contributed by atoms with Gasteiger partial charge in [-0.05, 0) is 30.2 Å². The highest BCUT2D eigenvalue weighted by Crippen LogP contribution is 2.30. The largest absolute Gasteiger partial charge is 0.507 e. The number of hydrogen-bond acceptors (Lipinski definition) is 5. The minimum Gasteiger partial charge on any atom is -0.507 e. The maximum absolute atomic E-state index is 13.0. The molecule has 152 valence electrons. The van der Waals surface area contributed by atoms with Crippen LogP contribution in [0.15, 0.2) is 84.6 Å². The average Bonchev–Trinajstić information content (AvgIpc) is 3.22. The third-order valence-corrected chi connectivity index (χ3v) is 5.10. The summed E-state index contributed by atoms with van der Waals surface area (Å²) in [5.41, 5.74) is 10.6. The Morgan fingerprint density at radius 3 is 2.60 bits per heavy atom. The number of phenolic OH excluding ortho intramolecular Hbond substituents is 1. The number of carbonyl (C=O) groups is 1. The summed E-state index contributed by atoms with van der Waals surface area (Å²) in [6.45, 7) is 2.37. The first-order valence-corrected chi connectivity index (χ1v) is 9.92. The first-order chi connectivity index (χ1) is 14.6. The van der Waals surface area contributed by atoms with Crippen molar-refractivity contribution in [2.75, 3.05) is 0 Å². The lowest BCUT2D eigenvalue weighted by Crippen LogP contribution is -2.24. The summed E-state index contributed by atoms with van der Waals surface area (Å²) < 4.78 is 5.85. The zero-order valence-corrected chi connectivity index (χ0v) is 16.8. The number of phenols is 1. The minimum atomic E-state index is -0.301. The number of ether oxygens (including phenoxy) is 1. The van der Waals surface area contributed by atoms with Crippen LogP contribution in [0.5, 0.6) is 11.5 Å². The van der Waals surface area contributed by atoms with E-state index in [1.165, 1.54) is 17.7 Å². The molecule has 1 heterocycles. The quantitative estimate of drug-likeness (QED) is 0.417. The van der Waals surface area contributed by atoms with Crippen molar-refractivity contribution in [3.63, 3.8) is 0 Å². The Kier molecular flexibility index (Phi) is 5.82. The molecule has 4 rings (SSSR count). The highest BCUT2D eigenvalue weighted by atomic mass is 16.5. The van der Waals surface area contributed by atoms with Gasteiger partial charge in [-0.2, -0.15) is 0 Å². The average molecular weight is 400 g/mol. The van der Waals surface area contributed by atoms with Gasteiger partial charge in [0, 0.05) is 18.2 Å². The summed E-state index contributed by atoms with van der Waals surface area (Å²) in [6, 6.07) is 23.0. The fraction of sp³-hybridized carbons (Fsp3) is 0.160. The van der Waals surface area contributed by atoms with Crippen LogP contribution in [-0.4, -0.2) is 10.9 Å². The van der Waals surface area contributed by atoms with Gasteiger partial charge in [0.2, 0.25) is 0 Å². The molecule has 0 spiro atoms. The van der Waals surface area contributed by atoms with Crippen LogP contribution in [0.2, 0.25) is 0 Å². The van der Waals surface area contributed by atoms with E-state index >= 15 is 0 Å². The van der Waals surface area contributed by atoms with E-state index in [1.807, 2.05) is 30.3 Å². The van der Waals surface area contributed by atoms with Crippen molar-refractivity contribution in [1.82, 2.24) is 10.9 Å². The number of benzene rings is 3. The van der Waals surface area contributed by atoms with Gasteiger partial charge in [-0.3, -0.25) is 4.79 Å². The minimum absolute atomic E-state index is 0.0859. The molecule has 1 saturated heterocycles. The smallest absolute Gasteiger partial charge is 0.195 e. The van der Waals surface area contributed by atoms with Crippen molar-refractivity contribution >= 4 is 5.78 Å². The van der Waals surface area contributed by atoms with Gasteiger partial charge in [0.05, 0.1) is 6.04 Å². The van der Waals surface area contributed by atoms with Gasteiger partial charge in [0.1, 0.15) is 23.7 Å². The summed E-state index contributed by atoms with van der Waals surface area (Å²) in [5.74, 6) is -0.0322. The second kappa shape index (κ2) is 8.84. The Hall–Kier alpha value is -3.57. The Morgan fingerprint density at radius 2 is 1.83 bits per heavy atom. The van der Waals surface area contributed by atoms with Gasteiger partial charge in [0.15, 0.2) is 5.78 Å². The van der Waals surface area contributed by atoms with E-state index in [-0.39, 0.29) is 23.1 Å². The second-order valence-electron chi connectivity index (χ2n) is 7.40. The van der Waals surface area contributed by atoms with E-state index in [2.05, 4.69) is 42.0 Å². The van der Waals surface area contributed by atoms with Crippen LogP contribution in [0.1, 0.15) is 39.5 Å². The third kappa shape index (κ3) is 4.53. The molecule has 3 N–H and O–H groups in total. The van der Waals surface area contributed by atoms with Crippen LogP contribution < -0.4 is 15.6 Å². The zero-order valence-electron chi connectivity index (χ0n) is 16.8. The maximum Gasteiger partial charge on any atom is 0.195 e. The van der Waals surface area contributed by atoms with Crippen LogP contribution in [0.25, 0.3) is 0 Å². The number of carbonyl (C=O) groups excluding carboxylic acids is 1. The summed E-state index contributed by atoms with van der Waals surface area (Å²) in [5, 5.41) is 10.3. The van der Waals surface area contributed by atoms with Crippen LogP contribution in [-0.2, 0) is 6.61 Å². The molecule has 0 radical (unpaired) electrons. The van der Waals surface area contributed by atoms with Crippen molar-refractivity contribution in [2.24, 2.45) is 0 Å². The number of hydrazine groups is 1. The predicted octanol–water partition coefficient (Wildman–Crippen LogP) is 4.59. The van der Waals surface area contributed by atoms with Crippen molar-refractivity contribution in [1.29, 1.82) is 0 Å². The Bertz CT molecular complexity index is 1060. The Morgan fingerprint density at radius 1 is 1.07 bits per heavy atom. The molecule has 5 nitrogen and oxygen atoms in total. The predicted molar refractivity (Wildman–Crippen MR) is 116 cm³/mol. The summed E-state index contributed by atoms with van der Waals surface area (Å²) in [4.78, 5) is 13.0.